The highest BCUT2D eigenvalue weighted by atomic mass is 32.2. The van der Waals surface area contributed by atoms with Crippen molar-refractivity contribution in [2.24, 2.45) is 0 Å². The molecule has 0 amide bonds. The predicted molar refractivity (Wildman–Crippen MR) is 67.9 cm³/mol. The van der Waals surface area contributed by atoms with E-state index in [4.69, 9.17) is 0 Å². The number of hydrogen-bond acceptors (Lipinski definition) is 6. The summed E-state index contributed by atoms with van der Waals surface area (Å²) in [7, 11) is -2.38. The zero-order valence-corrected chi connectivity index (χ0v) is 11.1. The van der Waals surface area contributed by atoms with E-state index in [1.54, 1.807) is 0 Å². The van der Waals surface area contributed by atoms with Gasteiger partial charge in [-0.25, -0.2) is 18.2 Å². The SMILES string of the molecule is COC(=O)c1cc(S(C)(=O)=O)c2cc(O)ccc2n1. The van der Waals surface area contributed by atoms with Crippen LogP contribution in [0.3, 0.4) is 0 Å². The standard InChI is InChI=1S/C12H11NO5S/c1-18-12(15)10-6-11(19(2,16)17)8-5-7(14)3-4-9(8)13-10/h3-6,14H,1-2H3. The Balaban J connectivity index is 2.88. The van der Waals surface area contributed by atoms with E-state index >= 15 is 0 Å². The molecule has 0 atom stereocenters. The number of esters is 1. The highest BCUT2D eigenvalue weighted by Gasteiger charge is 2.18. The van der Waals surface area contributed by atoms with Gasteiger partial charge in [0.1, 0.15) is 11.4 Å². The van der Waals surface area contributed by atoms with Crippen LogP contribution >= 0.6 is 0 Å². The molecular formula is C12H11NO5S. The first-order valence-corrected chi connectivity index (χ1v) is 7.14. The lowest BCUT2D eigenvalue weighted by Crippen LogP contribution is -2.08. The van der Waals surface area contributed by atoms with Gasteiger partial charge in [0, 0.05) is 11.6 Å². The Bertz CT molecular complexity index is 767. The Hall–Kier alpha value is -2.15. The monoisotopic (exact) mass is 281 g/mol. The number of fused-ring (bicyclic) bond motifs is 1. The zero-order valence-electron chi connectivity index (χ0n) is 10.2. The maximum atomic E-state index is 11.8. The average molecular weight is 281 g/mol. The third-order valence-electron chi connectivity index (χ3n) is 2.55. The van der Waals surface area contributed by atoms with E-state index < -0.39 is 15.8 Å². The molecule has 2 aromatic rings. The Morgan fingerprint density at radius 2 is 2.00 bits per heavy atom. The number of aromatic nitrogens is 1. The van der Waals surface area contributed by atoms with Crippen LogP contribution in [0.5, 0.6) is 5.75 Å². The summed E-state index contributed by atoms with van der Waals surface area (Å²) in [5, 5.41) is 9.69. The van der Waals surface area contributed by atoms with Crippen LogP contribution in [-0.4, -0.2) is 37.8 Å². The predicted octanol–water partition coefficient (Wildman–Crippen LogP) is 1.13. The fraction of sp³-hybridized carbons (Fsp3) is 0.167. The fourth-order valence-electron chi connectivity index (χ4n) is 1.70. The van der Waals surface area contributed by atoms with E-state index in [-0.39, 0.29) is 21.7 Å². The molecule has 19 heavy (non-hydrogen) atoms. The molecule has 1 heterocycles. The molecule has 0 aliphatic rings. The van der Waals surface area contributed by atoms with E-state index in [1.807, 2.05) is 0 Å². The molecule has 1 aromatic carbocycles. The van der Waals surface area contributed by atoms with Crippen molar-refractivity contribution in [3.63, 3.8) is 0 Å². The summed E-state index contributed by atoms with van der Waals surface area (Å²) in [5.41, 5.74) is 0.197. The third kappa shape index (κ3) is 2.50. The minimum Gasteiger partial charge on any atom is -0.508 e. The van der Waals surface area contributed by atoms with Crippen LogP contribution in [0.25, 0.3) is 10.9 Å². The second-order valence-electron chi connectivity index (χ2n) is 3.97. The maximum absolute atomic E-state index is 11.8. The summed E-state index contributed by atoms with van der Waals surface area (Å²) in [6.07, 6.45) is 1.02. The smallest absolute Gasteiger partial charge is 0.356 e. The summed E-state index contributed by atoms with van der Waals surface area (Å²) in [6.45, 7) is 0. The molecule has 0 aliphatic heterocycles. The van der Waals surface area contributed by atoms with Crippen LogP contribution in [0.2, 0.25) is 0 Å². The quantitative estimate of drug-likeness (QED) is 0.829. The van der Waals surface area contributed by atoms with Crippen molar-refractivity contribution in [2.75, 3.05) is 13.4 Å². The van der Waals surface area contributed by atoms with E-state index in [0.717, 1.165) is 12.3 Å². The molecule has 0 bridgehead atoms. The molecule has 2 rings (SSSR count). The zero-order chi connectivity index (χ0) is 14.2. The lowest BCUT2D eigenvalue weighted by atomic mass is 10.2. The number of benzene rings is 1. The topological polar surface area (TPSA) is 93.6 Å². The van der Waals surface area contributed by atoms with E-state index in [0.29, 0.717) is 5.52 Å². The second kappa shape index (κ2) is 4.51. The first-order chi connectivity index (χ1) is 8.82. The van der Waals surface area contributed by atoms with Crippen LogP contribution in [0, 0.1) is 0 Å². The highest BCUT2D eigenvalue weighted by Crippen LogP contribution is 2.26. The minimum atomic E-state index is -3.57. The Morgan fingerprint density at radius 3 is 2.58 bits per heavy atom. The fourth-order valence-corrected chi connectivity index (χ4v) is 2.59. The molecule has 0 saturated carbocycles. The van der Waals surface area contributed by atoms with Crippen molar-refractivity contribution >= 4 is 26.7 Å². The van der Waals surface area contributed by atoms with Crippen molar-refractivity contribution in [1.82, 2.24) is 4.98 Å². The van der Waals surface area contributed by atoms with Gasteiger partial charge in [-0.1, -0.05) is 0 Å². The second-order valence-corrected chi connectivity index (χ2v) is 5.95. The third-order valence-corrected chi connectivity index (χ3v) is 3.69. The number of pyridine rings is 1. The van der Waals surface area contributed by atoms with Crippen molar-refractivity contribution < 1.29 is 23.1 Å². The number of carbonyl (C=O) groups is 1. The number of phenols is 1. The summed E-state index contributed by atoms with van der Waals surface area (Å²) >= 11 is 0. The maximum Gasteiger partial charge on any atom is 0.356 e. The summed E-state index contributed by atoms with van der Waals surface area (Å²) in [6, 6.07) is 5.23. The largest absolute Gasteiger partial charge is 0.508 e. The first-order valence-electron chi connectivity index (χ1n) is 5.25. The van der Waals surface area contributed by atoms with Crippen molar-refractivity contribution in [2.45, 2.75) is 4.90 Å². The number of phenolic OH excluding ortho intramolecular Hbond substituents is 1. The van der Waals surface area contributed by atoms with Crippen LogP contribution in [-0.2, 0) is 14.6 Å². The molecule has 0 aliphatic carbocycles. The minimum absolute atomic E-state index is 0.0752. The van der Waals surface area contributed by atoms with Crippen LogP contribution < -0.4 is 0 Å². The van der Waals surface area contributed by atoms with Crippen molar-refractivity contribution in [3.8, 4) is 5.75 Å². The number of aromatic hydroxyl groups is 1. The number of ether oxygens (including phenoxy) is 1. The molecule has 7 heteroatoms. The van der Waals surface area contributed by atoms with Gasteiger partial charge >= 0.3 is 5.97 Å². The molecule has 1 aromatic heterocycles. The Morgan fingerprint density at radius 1 is 1.32 bits per heavy atom. The highest BCUT2D eigenvalue weighted by molar-refractivity contribution is 7.91. The molecular weight excluding hydrogens is 270 g/mol. The van der Waals surface area contributed by atoms with E-state index in [2.05, 4.69) is 9.72 Å². The van der Waals surface area contributed by atoms with Gasteiger partial charge in [-0.05, 0) is 24.3 Å². The van der Waals surface area contributed by atoms with Crippen molar-refractivity contribution in [1.29, 1.82) is 0 Å². The average Bonchev–Trinajstić information content (AvgIpc) is 2.35. The number of hydrogen-bond donors (Lipinski definition) is 1. The van der Waals surface area contributed by atoms with Gasteiger partial charge in [-0.15, -0.1) is 0 Å². The van der Waals surface area contributed by atoms with Gasteiger partial charge in [0.15, 0.2) is 9.84 Å². The van der Waals surface area contributed by atoms with Crippen LogP contribution in [0.4, 0.5) is 0 Å². The molecule has 0 radical (unpaired) electrons. The van der Waals surface area contributed by atoms with E-state index in [1.165, 1.54) is 25.3 Å². The number of nitrogens with zero attached hydrogens (tertiary/aromatic N) is 1. The van der Waals surface area contributed by atoms with Gasteiger partial charge in [0.2, 0.25) is 0 Å². The van der Waals surface area contributed by atoms with Gasteiger partial charge < -0.3 is 9.84 Å². The summed E-state index contributed by atoms with van der Waals surface area (Å²) in [4.78, 5) is 15.4. The van der Waals surface area contributed by atoms with Gasteiger partial charge in [-0.3, -0.25) is 0 Å². The molecule has 6 nitrogen and oxygen atoms in total. The lowest BCUT2D eigenvalue weighted by Gasteiger charge is -2.07. The van der Waals surface area contributed by atoms with Crippen molar-refractivity contribution in [3.05, 3.63) is 30.0 Å². The lowest BCUT2D eigenvalue weighted by molar-refractivity contribution is 0.0594. The van der Waals surface area contributed by atoms with Crippen LogP contribution in [0.15, 0.2) is 29.2 Å². The summed E-state index contributed by atoms with van der Waals surface area (Å²) < 4.78 is 28.1. The molecule has 1 N–H and O–H groups in total. The molecule has 0 spiro atoms. The number of carbonyl (C=O) groups excluding carboxylic acids is 1. The normalized spacial score (nSPS) is 11.5. The van der Waals surface area contributed by atoms with Gasteiger partial charge in [-0.2, -0.15) is 0 Å². The number of rotatable bonds is 2. The molecule has 0 saturated heterocycles. The Kier molecular flexibility index (Phi) is 3.15. The summed E-state index contributed by atoms with van der Waals surface area (Å²) in [5.74, 6) is -0.801. The number of methoxy groups -OCH3 is 1. The molecule has 100 valence electrons. The van der Waals surface area contributed by atoms with Crippen LogP contribution in [0.1, 0.15) is 10.5 Å². The first kappa shape index (κ1) is 13.3. The van der Waals surface area contributed by atoms with E-state index in [9.17, 15) is 18.3 Å². The molecule has 0 unspecified atom stereocenters. The van der Waals surface area contributed by atoms with Gasteiger partial charge in [0.25, 0.3) is 0 Å². The molecule has 0 fully saturated rings. The number of sulfone groups is 1. The van der Waals surface area contributed by atoms with Gasteiger partial charge in [0.05, 0.1) is 17.5 Å². The Labute approximate surface area is 109 Å².